The molecule has 2 aliphatic heterocycles. The monoisotopic (exact) mass is 776 g/mol. The van der Waals surface area contributed by atoms with Crippen molar-refractivity contribution in [2.45, 2.75) is 174 Å². The molecule has 2 saturated heterocycles. The first-order chi connectivity index (χ1) is 25.4. The molecule has 1 N–H and O–H groups in total. The molecule has 54 heavy (non-hydrogen) atoms. The van der Waals surface area contributed by atoms with E-state index in [9.17, 15) is 38.7 Å². The van der Waals surface area contributed by atoms with Gasteiger partial charge >= 0.3 is 41.8 Å². The van der Waals surface area contributed by atoms with Gasteiger partial charge in [0.05, 0.1) is 6.61 Å². The standard InChI is InChI=1S/C36H56O18/c1-9-10-11-12-13-14-15-16-17-36(53-26(8)44)34(50-25(7)43)32(48-23(5)41)29(27(18-37)54-36)52-35-33(49-24(6)42)31(47-22(4)40)30(46-21(3)39)28(51-35)19-45-20(2)38/h27-35,37H,9-19H2,1-8H3/t27-,28-,29-,30+,31+,32+,33-,34-,35+,36?/m1/s1. The first-order valence-electron chi connectivity index (χ1n) is 18.2. The van der Waals surface area contributed by atoms with E-state index in [1.807, 2.05) is 0 Å². The Morgan fingerprint density at radius 1 is 0.556 bits per heavy atom. The third kappa shape index (κ3) is 14.4. The molecule has 0 amide bonds. The van der Waals surface area contributed by atoms with E-state index in [4.69, 9.17) is 47.4 Å². The van der Waals surface area contributed by atoms with Crippen LogP contribution in [0.15, 0.2) is 0 Å². The molecule has 0 aliphatic carbocycles. The van der Waals surface area contributed by atoms with Gasteiger partial charge in [-0.05, 0) is 6.42 Å². The average molecular weight is 777 g/mol. The van der Waals surface area contributed by atoms with Gasteiger partial charge < -0.3 is 52.5 Å². The topological polar surface area (TPSA) is 232 Å². The summed E-state index contributed by atoms with van der Waals surface area (Å²) in [6.45, 7) is 8.20. The number of carbonyl (C=O) groups is 7. The summed E-state index contributed by atoms with van der Waals surface area (Å²) < 4.78 is 57.2. The van der Waals surface area contributed by atoms with E-state index in [0.717, 1.165) is 87.0 Å². The van der Waals surface area contributed by atoms with Crippen LogP contribution in [0.1, 0.15) is 113 Å². The number of rotatable bonds is 20. The van der Waals surface area contributed by atoms with E-state index in [-0.39, 0.29) is 6.42 Å². The summed E-state index contributed by atoms with van der Waals surface area (Å²) in [7, 11) is 0. The van der Waals surface area contributed by atoms with Crippen LogP contribution < -0.4 is 0 Å². The number of aliphatic hydroxyl groups is 1. The highest BCUT2D eigenvalue weighted by molar-refractivity contribution is 5.70. The maximum absolute atomic E-state index is 12.7. The number of hydrogen-bond acceptors (Lipinski definition) is 18. The number of ether oxygens (including phenoxy) is 10. The van der Waals surface area contributed by atoms with Gasteiger partial charge in [0.1, 0.15) is 24.9 Å². The quantitative estimate of drug-likeness (QED) is 0.106. The minimum Gasteiger partial charge on any atom is -0.463 e. The third-order valence-electron chi connectivity index (χ3n) is 8.48. The van der Waals surface area contributed by atoms with Crippen LogP contribution in [-0.4, -0.2) is 121 Å². The highest BCUT2D eigenvalue weighted by atomic mass is 16.8. The van der Waals surface area contributed by atoms with Crippen molar-refractivity contribution < 1.29 is 86.0 Å². The molecule has 2 aliphatic rings. The predicted octanol–water partition coefficient (Wildman–Crippen LogP) is 2.50. The first kappa shape index (κ1) is 46.3. The van der Waals surface area contributed by atoms with Crippen LogP contribution in [0.3, 0.4) is 0 Å². The summed E-state index contributed by atoms with van der Waals surface area (Å²) >= 11 is 0. The molecular weight excluding hydrogens is 720 g/mol. The lowest BCUT2D eigenvalue weighted by Crippen LogP contribution is -2.70. The van der Waals surface area contributed by atoms with Gasteiger partial charge in [-0.3, -0.25) is 33.6 Å². The smallest absolute Gasteiger partial charge is 0.305 e. The van der Waals surface area contributed by atoms with Crippen molar-refractivity contribution in [2.75, 3.05) is 13.2 Å². The van der Waals surface area contributed by atoms with Crippen molar-refractivity contribution in [3.8, 4) is 0 Å². The number of carbonyl (C=O) groups excluding carboxylic acids is 7. The Hall–Kier alpha value is -3.87. The second-order valence-electron chi connectivity index (χ2n) is 13.2. The molecule has 18 heteroatoms. The highest BCUT2D eigenvalue weighted by Gasteiger charge is 2.63. The lowest BCUT2D eigenvalue weighted by atomic mass is 9.88. The van der Waals surface area contributed by atoms with Crippen LogP contribution in [0.4, 0.5) is 0 Å². The highest BCUT2D eigenvalue weighted by Crippen LogP contribution is 2.42. The Morgan fingerprint density at radius 3 is 1.56 bits per heavy atom. The van der Waals surface area contributed by atoms with Crippen molar-refractivity contribution >= 4 is 41.8 Å². The van der Waals surface area contributed by atoms with Crippen LogP contribution in [0.25, 0.3) is 0 Å². The van der Waals surface area contributed by atoms with E-state index in [0.29, 0.717) is 12.8 Å². The molecule has 10 atom stereocenters. The van der Waals surface area contributed by atoms with Crippen molar-refractivity contribution in [2.24, 2.45) is 0 Å². The molecule has 0 bridgehead atoms. The SMILES string of the molecule is CCCCCCCCCCC1(OC(C)=O)O[C@H](CO)[C@@H](O[C@@H]2O[C@H](COC(C)=O)[C@H](OC(C)=O)[C@H](OC(C)=O)[C@H]2OC(C)=O)[C@H](OC(C)=O)[C@H]1OC(C)=O. The molecule has 308 valence electrons. The van der Waals surface area contributed by atoms with Gasteiger partial charge in [0.25, 0.3) is 5.79 Å². The molecule has 0 aromatic rings. The predicted molar refractivity (Wildman–Crippen MR) is 182 cm³/mol. The number of hydrogen-bond donors (Lipinski definition) is 1. The molecule has 0 saturated carbocycles. The van der Waals surface area contributed by atoms with Crippen molar-refractivity contribution in [1.82, 2.24) is 0 Å². The second kappa shape index (κ2) is 22.5. The number of aliphatic hydroxyl groups excluding tert-OH is 1. The molecule has 0 radical (unpaired) electrons. The van der Waals surface area contributed by atoms with Crippen molar-refractivity contribution in [3.05, 3.63) is 0 Å². The van der Waals surface area contributed by atoms with Gasteiger partial charge in [0.15, 0.2) is 30.7 Å². The van der Waals surface area contributed by atoms with Crippen molar-refractivity contribution in [3.63, 3.8) is 0 Å². The Kier molecular flexibility index (Phi) is 19.3. The van der Waals surface area contributed by atoms with E-state index in [1.54, 1.807) is 0 Å². The Balaban J connectivity index is 2.67. The molecule has 2 fully saturated rings. The molecular formula is C36H56O18. The van der Waals surface area contributed by atoms with Crippen LogP contribution in [0.5, 0.6) is 0 Å². The van der Waals surface area contributed by atoms with Gasteiger partial charge in [-0.25, -0.2) is 0 Å². The fourth-order valence-electron chi connectivity index (χ4n) is 6.52. The van der Waals surface area contributed by atoms with Gasteiger partial charge in [-0.1, -0.05) is 51.9 Å². The minimum atomic E-state index is -2.08. The Bertz CT molecular complexity index is 1290. The van der Waals surface area contributed by atoms with E-state index >= 15 is 0 Å². The molecule has 2 heterocycles. The lowest BCUT2D eigenvalue weighted by Gasteiger charge is -2.52. The summed E-state index contributed by atoms with van der Waals surface area (Å²) in [4.78, 5) is 86.6. The Morgan fingerprint density at radius 2 is 1.06 bits per heavy atom. The van der Waals surface area contributed by atoms with Crippen LogP contribution >= 0.6 is 0 Å². The van der Waals surface area contributed by atoms with Crippen molar-refractivity contribution in [1.29, 1.82) is 0 Å². The molecule has 0 aromatic heterocycles. The summed E-state index contributed by atoms with van der Waals surface area (Å²) in [5.74, 6) is -8.08. The average Bonchev–Trinajstić information content (AvgIpc) is 3.05. The second-order valence-corrected chi connectivity index (χ2v) is 13.2. The van der Waals surface area contributed by atoms with Crippen LogP contribution in [0, 0.1) is 0 Å². The fraction of sp³-hybridized carbons (Fsp3) is 0.806. The molecule has 1 unspecified atom stereocenters. The van der Waals surface area contributed by atoms with Gasteiger partial charge in [0.2, 0.25) is 6.10 Å². The normalized spacial score (nSPS) is 29.2. The largest absolute Gasteiger partial charge is 0.463 e. The molecule has 2 rings (SSSR count). The minimum absolute atomic E-state index is 0.0421. The third-order valence-corrected chi connectivity index (χ3v) is 8.48. The van der Waals surface area contributed by atoms with Gasteiger partial charge in [0, 0.05) is 54.9 Å². The zero-order chi connectivity index (χ0) is 40.6. The van der Waals surface area contributed by atoms with Crippen LogP contribution in [-0.2, 0) is 80.9 Å². The summed E-state index contributed by atoms with van der Waals surface area (Å²) in [5.41, 5.74) is 0. The number of esters is 7. The van der Waals surface area contributed by atoms with E-state index in [1.165, 1.54) is 0 Å². The molecule has 0 aromatic carbocycles. The van der Waals surface area contributed by atoms with E-state index in [2.05, 4.69) is 6.92 Å². The maximum atomic E-state index is 12.7. The molecule has 18 nitrogen and oxygen atoms in total. The van der Waals surface area contributed by atoms with Gasteiger partial charge in [-0.15, -0.1) is 0 Å². The lowest BCUT2D eigenvalue weighted by molar-refractivity contribution is -0.385. The van der Waals surface area contributed by atoms with Crippen LogP contribution in [0.2, 0.25) is 0 Å². The summed E-state index contributed by atoms with van der Waals surface area (Å²) in [6.07, 6.45) is -7.26. The zero-order valence-electron chi connectivity index (χ0n) is 32.4. The maximum Gasteiger partial charge on any atom is 0.305 e. The fourth-order valence-corrected chi connectivity index (χ4v) is 6.52. The number of unbranched alkanes of at least 4 members (excludes halogenated alkanes) is 7. The van der Waals surface area contributed by atoms with E-state index < -0.39 is 116 Å². The Labute approximate surface area is 315 Å². The molecule has 0 spiro atoms. The first-order valence-corrected chi connectivity index (χ1v) is 18.2. The van der Waals surface area contributed by atoms with Gasteiger partial charge in [-0.2, -0.15) is 0 Å². The zero-order valence-corrected chi connectivity index (χ0v) is 32.4. The summed E-state index contributed by atoms with van der Waals surface area (Å²) in [5, 5.41) is 10.7. The summed E-state index contributed by atoms with van der Waals surface area (Å²) in [6, 6.07) is 0.